The van der Waals surface area contributed by atoms with Gasteiger partial charge in [-0.05, 0) is 38.2 Å². The molecular weight excluding hydrogens is 522 g/mol. The molecule has 11 nitrogen and oxygen atoms in total. The summed E-state index contributed by atoms with van der Waals surface area (Å²) in [6.07, 6.45) is 2.25. The molecule has 1 amide bonds. The number of amides is 1. The highest BCUT2D eigenvalue weighted by Gasteiger charge is 2.52. The van der Waals surface area contributed by atoms with Crippen molar-refractivity contribution in [3.05, 3.63) is 35.9 Å². The first-order chi connectivity index (χ1) is 17.7. The van der Waals surface area contributed by atoms with Crippen LogP contribution in [0.15, 0.2) is 30.3 Å². The summed E-state index contributed by atoms with van der Waals surface area (Å²) >= 11 is 3.49. The Morgan fingerprint density at radius 2 is 1.84 bits per heavy atom. The number of unbranched alkanes of at least 4 members (excludes halogenated alkanes) is 1. The summed E-state index contributed by atoms with van der Waals surface area (Å²) in [6.45, 7) is 2.19. The Morgan fingerprint density at radius 3 is 2.49 bits per heavy atom. The van der Waals surface area contributed by atoms with Crippen molar-refractivity contribution in [1.29, 1.82) is 0 Å². The highest BCUT2D eigenvalue weighted by Crippen LogP contribution is 2.52. The van der Waals surface area contributed by atoms with Gasteiger partial charge in [-0.15, -0.1) is 23.5 Å². The Balaban J connectivity index is 1.59. The van der Waals surface area contributed by atoms with Gasteiger partial charge in [-0.3, -0.25) is 30.2 Å². The molecule has 13 heteroatoms. The molecule has 1 aromatic carbocycles. The van der Waals surface area contributed by atoms with E-state index >= 15 is 0 Å². The number of benzene rings is 1. The summed E-state index contributed by atoms with van der Waals surface area (Å²) in [6, 6.07) is 7.12. The zero-order chi connectivity index (χ0) is 26.8. The third kappa shape index (κ3) is 8.84. The second kappa shape index (κ2) is 14.3. The minimum atomic E-state index is -1.03. The number of carboxylic acid groups (broad SMARTS) is 1. The van der Waals surface area contributed by atoms with Gasteiger partial charge in [0, 0.05) is 24.5 Å². The Labute approximate surface area is 224 Å². The quantitative estimate of drug-likeness (QED) is 0.151. The molecule has 2 heterocycles. The average Bonchev–Trinajstić information content (AvgIpc) is 3.50. The summed E-state index contributed by atoms with van der Waals surface area (Å²) in [5, 5.41) is 29.4. The van der Waals surface area contributed by atoms with Crippen molar-refractivity contribution in [2.45, 2.75) is 61.2 Å². The minimum Gasteiger partial charge on any atom is -0.480 e. The molecule has 2 saturated heterocycles. The molecule has 2 fully saturated rings. The van der Waals surface area contributed by atoms with E-state index in [0.717, 1.165) is 17.1 Å². The van der Waals surface area contributed by atoms with Crippen molar-refractivity contribution in [2.75, 3.05) is 31.3 Å². The van der Waals surface area contributed by atoms with Gasteiger partial charge in [0.1, 0.15) is 12.1 Å². The van der Waals surface area contributed by atoms with Gasteiger partial charge in [0.2, 0.25) is 5.91 Å². The highest BCUT2D eigenvalue weighted by molar-refractivity contribution is 8.21. The number of thioether (sulfide) groups is 2. The number of aryl methyl sites for hydroxylation is 1. The molecule has 0 aromatic heterocycles. The second-order valence-corrected chi connectivity index (χ2v) is 12.3. The van der Waals surface area contributed by atoms with Crippen LogP contribution >= 0.6 is 23.5 Å². The third-order valence-corrected chi connectivity index (χ3v) is 9.76. The van der Waals surface area contributed by atoms with Crippen LogP contribution in [0.25, 0.3) is 0 Å². The summed E-state index contributed by atoms with van der Waals surface area (Å²) in [5.41, 5.74) is 1.02. The summed E-state index contributed by atoms with van der Waals surface area (Å²) in [4.78, 5) is 44.4. The molecule has 3 unspecified atom stereocenters. The van der Waals surface area contributed by atoms with Crippen LogP contribution in [0, 0.1) is 0 Å². The number of aliphatic carboxylic acids is 1. The smallest absolute Gasteiger partial charge is 0.328 e. The van der Waals surface area contributed by atoms with E-state index in [4.69, 9.17) is 15.2 Å². The monoisotopic (exact) mass is 557 g/mol. The normalized spacial score (nSPS) is 20.3. The van der Waals surface area contributed by atoms with Crippen LogP contribution in [-0.4, -0.2) is 97.1 Å². The van der Waals surface area contributed by atoms with Gasteiger partial charge in [0.25, 0.3) is 0 Å². The zero-order valence-electron chi connectivity index (χ0n) is 20.8. The third-order valence-electron chi connectivity index (χ3n) is 6.33. The molecule has 3 rings (SSSR count). The zero-order valence-corrected chi connectivity index (χ0v) is 22.4. The van der Waals surface area contributed by atoms with Crippen molar-refractivity contribution in [1.82, 2.24) is 15.6 Å². The molecule has 0 bridgehead atoms. The Hall–Kier alpha value is -1.87. The van der Waals surface area contributed by atoms with Crippen LogP contribution < -0.4 is 5.32 Å². The van der Waals surface area contributed by atoms with E-state index in [0.29, 0.717) is 38.6 Å². The molecule has 3 atom stereocenters. The van der Waals surface area contributed by atoms with E-state index in [1.807, 2.05) is 30.3 Å². The fraction of sp³-hybridized carbons (Fsp3) is 0.625. The lowest BCUT2D eigenvalue weighted by Crippen LogP contribution is -2.53. The van der Waals surface area contributed by atoms with E-state index in [1.165, 1.54) is 0 Å². The molecular formula is C24H35N3O8S2. The lowest BCUT2D eigenvalue weighted by atomic mass is 10.0. The van der Waals surface area contributed by atoms with Gasteiger partial charge in [-0.1, -0.05) is 30.3 Å². The first kappa shape index (κ1) is 29.7. The number of carbonyl (C=O) groups excluding carboxylic acids is 2. The lowest BCUT2D eigenvalue weighted by Gasteiger charge is -2.28. The molecule has 0 radical (unpaired) electrons. The molecule has 0 saturated carbocycles. The van der Waals surface area contributed by atoms with Gasteiger partial charge in [0.15, 0.2) is 0 Å². The molecule has 0 aliphatic carbocycles. The maximum atomic E-state index is 13.5. The van der Waals surface area contributed by atoms with E-state index in [1.54, 1.807) is 35.3 Å². The topological polar surface area (TPSA) is 149 Å². The summed E-state index contributed by atoms with van der Waals surface area (Å²) < 4.78 is 5.18. The molecule has 4 N–H and O–H groups in total. The standard InChI is InChI=1S/C24H35N3O8S2/c1-17(25-19(22(29)30)10-9-18-7-3-2-4-8-18)21(28)26-16-24(36-13-14-37-24)15-20(26)23(31)34-11-5-6-12-35-27(32)33/h2-4,7-8,17,19-20,25,32-33H,5-6,9-16H2,1H3,(H,29,30). The SMILES string of the molecule is CC(NC(CCc1ccccc1)C(=O)O)C(=O)N1CC2(CC1C(=O)OCCCCON(O)O)SCCS2. The van der Waals surface area contributed by atoms with E-state index in [2.05, 4.69) is 10.2 Å². The van der Waals surface area contributed by atoms with E-state index in [9.17, 15) is 19.5 Å². The minimum absolute atomic E-state index is 0.0488. The fourth-order valence-corrected chi connectivity index (χ4v) is 7.72. The number of nitrogens with one attached hydrogen (secondary N) is 1. The van der Waals surface area contributed by atoms with Crippen LogP contribution in [-0.2, 0) is 30.4 Å². The van der Waals surface area contributed by atoms with Crippen molar-refractivity contribution < 1.29 is 39.5 Å². The van der Waals surface area contributed by atoms with Crippen LogP contribution in [0.2, 0.25) is 0 Å². The summed E-state index contributed by atoms with van der Waals surface area (Å²) in [5.74, 6) is 0.0415. The van der Waals surface area contributed by atoms with Crippen LogP contribution in [0.5, 0.6) is 0 Å². The predicted octanol–water partition coefficient (Wildman–Crippen LogP) is 2.16. The molecule has 1 aromatic rings. The fourth-order valence-electron chi connectivity index (χ4n) is 4.46. The van der Waals surface area contributed by atoms with Crippen molar-refractivity contribution in [3.8, 4) is 0 Å². The molecule has 2 aliphatic heterocycles. The maximum absolute atomic E-state index is 13.5. The molecule has 1 spiro atoms. The number of rotatable bonds is 14. The van der Waals surface area contributed by atoms with Crippen molar-refractivity contribution >= 4 is 41.4 Å². The lowest BCUT2D eigenvalue weighted by molar-refractivity contribution is -0.492. The van der Waals surface area contributed by atoms with Crippen LogP contribution in [0.4, 0.5) is 0 Å². The van der Waals surface area contributed by atoms with E-state index < -0.39 is 30.1 Å². The van der Waals surface area contributed by atoms with Crippen LogP contribution in [0.3, 0.4) is 0 Å². The molecule has 2 aliphatic rings. The van der Waals surface area contributed by atoms with Gasteiger partial charge in [-0.2, -0.15) is 0 Å². The Morgan fingerprint density at radius 1 is 1.16 bits per heavy atom. The first-order valence-electron chi connectivity index (χ1n) is 12.3. The van der Waals surface area contributed by atoms with Gasteiger partial charge in [0.05, 0.1) is 28.7 Å². The number of carboxylic acids is 1. The number of hydrogen-bond acceptors (Lipinski definition) is 11. The average molecular weight is 558 g/mol. The second-order valence-electron chi connectivity index (χ2n) is 9.06. The predicted molar refractivity (Wildman–Crippen MR) is 138 cm³/mol. The maximum Gasteiger partial charge on any atom is 0.328 e. The number of hydrogen-bond donors (Lipinski definition) is 4. The Bertz CT molecular complexity index is 901. The van der Waals surface area contributed by atoms with E-state index in [-0.39, 0.29) is 28.6 Å². The number of esters is 1. The Kier molecular flexibility index (Phi) is 11.5. The van der Waals surface area contributed by atoms with Crippen LogP contribution in [0.1, 0.15) is 38.2 Å². The van der Waals surface area contributed by atoms with Gasteiger partial charge < -0.3 is 14.7 Å². The van der Waals surface area contributed by atoms with Crippen molar-refractivity contribution in [2.24, 2.45) is 0 Å². The number of likely N-dealkylation sites (tertiary alicyclic amines) is 1. The first-order valence-corrected chi connectivity index (χ1v) is 14.3. The summed E-state index contributed by atoms with van der Waals surface area (Å²) in [7, 11) is 0. The number of carbonyl (C=O) groups is 3. The number of nitrogens with zero attached hydrogens (tertiary/aromatic N) is 2. The van der Waals surface area contributed by atoms with Gasteiger partial charge in [-0.25, -0.2) is 4.79 Å². The van der Waals surface area contributed by atoms with Crippen molar-refractivity contribution in [3.63, 3.8) is 0 Å². The molecule has 206 valence electrons. The number of ether oxygens (including phenoxy) is 1. The van der Waals surface area contributed by atoms with Gasteiger partial charge >= 0.3 is 11.9 Å². The molecule has 37 heavy (non-hydrogen) atoms. The largest absolute Gasteiger partial charge is 0.480 e. The highest BCUT2D eigenvalue weighted by atomic mass is 32.2.